The molecule has 0 aliphatic rings. The van der Waals surface area contributed by atoms with Crippen molar-refractivity contribution in [2.24, 2.45) is 0 Å². The number of aryl methyl sites for hydroxylation is 1. The minimum Gasteiger partial charge on any atom is -0.376 e. The summed E-state index contributed by atoms with van der Waals surface area (Å²) in [6, 6.07) is 11.8. The molecule has 24 heavy (non-hydrogen) atoms. The predicted molar refractivity (Wildman–Crippen MR) is 93.6 cm³/mol. The summed E-state index contributed by atoms with van der Waals surface area (Å²) >= 11 is 0. The van der Waals surface area contributed by atoms with E-state index in [9.17, 15) is 14.0 Å². The monoisotopic (exact) mass is 329 g/mol. The lowest BCUT2D eigenvalue weighted by molar-refractivity contribution is -0.115. The number of rotatable bonds is 6. The normalized spacial score (nSPS) is 10.1. The lowest BCUT2D eigenvalue weighted by atomic mass is 10.1. The van der Waals surface area contributed by atoms with Crippen LogP contribution in [-0.4, -0.2) is 18.4 Å². The molecule has 6 heteroatoms. The Labute approximate surface area is 140 Å². The standard InChI is InChI=1S/C18H20FN3O2/c1-3-13-6-4-5-7-16(13)22-18(24)11-20-14-8-9-15(19)17(10-14)21-12(2)23/h4-10,20H,3,11H2,1-2H3,(H,21,23)(H,22,24). The van der Waals surface area contributed by atoms with Crippen LogP contribution in [0.5, 0.6) is 0 Å². The summed E-state index contributed by atoms with van der Waals surface area (Å²) in [4.78, 5) is 23.1. The Morgan fingerprint density at radius 2 is 1.79 bits per heavy atom. The number of nitrogens with one attached hydrogen (secondary N) is 3. The first-order chi connectivity index (χ1) is 11.5. The average Bonchev–Trinajstić information content (AvgIpc) is 2.55. The third-order valence-corrected chi connectivity index (χ3v) is 3.40. The van der Waals surface area contributed by atoms with Gasteiger partial charge in [-0.05, 0) is 36.2 Å². The molecule has 5 nitrogen and oxygen atoms in total. The smallest absolute Gasteiger partial charge is 0.243 e. The second-order valence-electron chi connectivity index (χ2n) is 5.29. The Balaban J connectivity index is 1.97. The van der Waals surface area contributed by atoms with Gasteiger partial charge in [0.05, 0.1) is 12.2 Å². The molecule has 2 rings (SSSR count). The molecule has 2 amide bonds. The van der Waals surface area contributed by atoms with Crippen LogP contribution in [0.25, 0.3) is 0 Å². The van der Waals surface area contributed by atoms with Crippen molar-refractivity contribution in [2.75, 3.05) is 22.5 Å². The van der Waals surface area contributed by atoms with Gasteiger partial charge in [0, 0.05) is 18.3 Å². The van der Waals surface area contributed by atoms with Crippen molar-refractivity contribution in [3.8, 4) is 0 Å². The first kappa shape index (κ1) is 17.5. The molecule has 0 fully saturated rings. The second-order valence-corrected chi connectivity index (χ2v) is 5.29. The third kappa shape index (κ3) is 4.81. The van der Waals surface area contributed by atoms with Crippen molar-refractivity contribution in [1.29, 1.82) is 0 Å². The Bertz CT molecular complexity index is 747. The van der Waals surface area contributed by atoms with E-state index in [4.69, 9.17) is 0 Å². The van der Waals surface area contributed by atoms with Gasteiger partial charge in [0.2, 0.25) is 11.8 Å². The summed E-state index contributed by atoms with van der Waals surface area (Å²) < 4.78 is 13.6. The zero-order valence-electron chi connectivity index (χ0n) is 13.7. The Kier molecular flexibility index (Phi) is 5.89. The van der Waals surface area contributed by atoms with Gasteiger partial charge in [-0.2, -0.15) is 0 Å². The maximum absolute atomic E-state index is 13.6. The van der Waals surface area contributed by atoms with Gasteiger partial charge >= 0.3 is 0 Å². The van der Waals surface area contributed by atoms with Crippen LogP contribution in [0.15, 0.2) is 42.5 Å². The molecule has 0 unspecified atom stereocenters. The van der Waals surface area contributed by atoms with Crippen molar-refractivity contribution in [2.45, 2.75) is 20.3 Å². The quantitative estimate of drug-likeness (QED) is 0.761. The van der Waals surface area contributed by atoms with Gasteiger partial charge in [-0.15, -0.1) is 0 Å². The molecule has 0 bridgehead atoms. The molecule has 0 radical (unpaired) electrons. The fourth-order valence-electron chi connectivity index (χ4n) is 2.25. The highest BCUT2D eigenvalue weighted by molar-refractivity contribution is 5.94. The lowest BCUT2D eigenvalue weighted by Gasteiger charge is -2.12. The molecule has 0 saturated carbocycles. The number of halogens is 1. The van der Waals surface area contributed by atoms with Crippen LogP contribution < -0.4 is 16.0 Å². The first-order valence-electron chi connectivity index (χ1n) is 7.68. The van der Waals surface area contributed by atoms with Crippen LogP contribution in [0.4, 0.5) is 21.5 Å². The number of hydrogen-bond acceptors (Lipinski definition) is 3. The molecule has 3 N–H and O–H groups in total. The Morgan fingerprint density at radius 3 is 2.50 bits per heavy atom. The lowest BCUT2D eigenvalue weighted by Crippen LogP contribution is -2.22. The van der Waals surface area contributed by atoms with Gasteiger partial charge in [-0.3, -0.25) is 9.59 Å². The fourth-order valence-corrected chi connectivity index (χ4v) is 2.25. The number of carbonyl (C=O) groups excluding carboxylic acids is 2. The number of carbonyl (C=O) groups is 2. The van der Waals surface area contributed by atoms with Gasteiger partial charge in [0.1, 0.15) is 5.82 Å². The van der Waals surface area contributed by atoms with E-state index in [0.29, 0.717) is 5.69 Å². The van der Waals surface area contributed by atoms with E-state index in [2.05, 4.69) is 16.0 Å². The summed E-state index contributed by atoms with van der Waals surface area (Å²) in [5, 5.41) is 8.16. The van der Waals surface area contributed by atoms with Crippen molar-refractivity contribution in [3.63, 3.8) is 0 Å². The van der Waals surface area contributed by atoms with E-state index in [1.165, 1.54) is 25.1 Å². The molecular weight excluding hydrogens is 309 g/mol. The van der Waals surface area contributed by atoms with Crippen LogP contribution in [0.2, 0.25) is 0 Å². The van der Waals surface area contributed by atoms with Crippen molar-refractivity contribution in [1.82, 2.24) is 0 Å². The van der Waals surface area contributed by atoms with Crippen molar-refractivity contribution in [3.05, 3.63) is 53.8 Å². The molecule has 0 spiro atoms. The molecule has 0 aliphatic carbocycles. The molecule has 0 atom stereocenters. The molecule has 0 aliphatic heterocycles. The molecule has 126 valence electrons. The Morgan fingerprint density at radius 1 is 1.04 bits per heavy atom. The maximum atomic E-state index is 13.6. The molecule has 0 saturated heterocycles. The zero-order valence-corrected chi connectivity index (χ0v) is 13.7. The van der Waals surface area contributed by atoms with Gasteiger partial charge in [-0.1, -0.05) is 25.1 Å². The largest absolute Gasteiger partial charge is 0.376 e. The number of amides is 2. The Hall–Kier alpha value is -2.89. The zero-order chi connectivity index (χ0) is 17.5. The number of anilines is 3. The minimum absolute atomic E-state index is 0.0309. The van der Waals surface area contributed by atoms with E-state index in [1.807, 2.05) is 31.2 Å². The average molecular weight is 329 g/mol. The van der Waals surface area contributed by atoms with E-state index >= 15 is 0 Å². The molecule has 2 aromatic carbocycles. The first-order valence-corrected chi connectivity index (χ1v) is 7.68. The topological polar surface area (TPSA) is 70.2 Å². The highest BCUT2D eigenvalue weighted by atomic mass is 19.1. The second kappa shape index (κ2) is 8.10. The third-order valence-electron chi connectivity index (χ3n) is 3.40. The van der Waals surface area contributed by atoms with Crippen LogP contribution in [0.3, 0.4) is 0 Å². The summed E-state index contributed by atoms with van der Waals surface area (Å²) in [7, 11) is 0. The predicted octanol–water partition coefficient (Wildman–Crippen LogP) is 3.40. The summed E-state index contributed by atoms with van der Waals surface area (Å²) in [5.41, 5.74) is 2.45. The highest BCUT2D eigenvalue weighted by Gasteiger charge is 2.08. The van der Waals surface area contributed by atoms with E-state index in [1.54, 1.807) is 0 Å². The number of para-hydroxylation sites is 1. The maximum Gasteiger partial charge on any atom is 0.243 e. The van der Waals surface area contributed by atoms with Crippen molar-refractivity contribution < 1.29 is 14.0 Å². The SMILES string of the molecule is CCc1ccccc1NC(=O)CNc1ccc(F)c(NC(C)=O)c1. The summed E-state index contributed by atoms with van der Waals surface area (Å²) in [6.45, 7) is 3.35. The van der Waals surface area contributed by atoms with Crippen LogP contribution in [0.1, 0.15) is 19.4 Å². The minimum atomic E-state index is -0.530. The molecule has 0 aromatic heterocycles. The van der Waals surface area contributed by atoms with E-state index in [-0.39, 0.29) is 24.0 Å². The van der Waals surface area contributed by atoms with Crippen LogP contribution >= 0.6 is 0 Å². The fraction of sp³-hybridized carbons (Fsp3) is 0.222. The van der Waals surface area contributed by atoms with Gasteiger partial charge in [0.25, 0.3) is 0 Å². The summed E-state index contributed by atoms with van der Waals surface area (Å²) in [6.07, 6.45) is 0.821. The van der Waals surface area contributed by atoms with Gasteiger partial charge < -0.3 is 16.0 Å². The highest BCUT2D eigenvalue weighted by Crippen LogP contribution is 2.20. The molecular formula is C18H20FN3O2. The number of hydrogen-bond donors (Lipinski definition) is 3. The van der Waals surface area contributed by atoms with Crippen LogP contribution in [0, 0.1) is 5.82 Å². The van der Waals surface area contributed by atoms with Gasteiger partial charge in [-0.25, -0.2) is 4.39 Å². The molecule has 2 aromatic rings. The van der Waals surface area contributed by atoms with E-state index in [0.717, 1.165) is 17.7 Å². The summed E-state index contributed by atoms with van der Waals surface area (Å²) in [5.74, 6) is -1.10. The van der Waals surface area contributed by atoms with Gasteiger partial charge in [0.15, 0.2) is 0 Å². The van der Waals surface area contributed by atoms with E-state index < -0.39 is 5.82 Å². The van der Waals surface area contributed by atoms with Crippen LogP contribution in [-0.2, 0) is 16.0 Å². The molecule has 0 heterocycles. The van der Waals surface area contributed by atoms with Crippen molar-refractivity contribution >= 4 is 28.9 Å². The number of benzene rings is 2.